The van der Waals surface area contributed by atoms with E-state index in [0.717, 1.165) is 25.7 Å². The minimum atomic E-state index is -1.61. The van der Waals surface area contributed by atoms with Crippen LogP contribution in [0, 0.1) is 28.6 Å². The van der Waals surface area contributed by atoms with Gasteiger partial charge in [-0.3, -0.25) is 4.79 Å². The van der Waals surface area contributed by atoms with Gasteiger partial charge in [0.2, 0.25) is 5.60 Å². The molecule has 0 bridgehead atoms. The number of fused-ring (bicyclic) bond motifs is 5. The van der Waals surface area contributed by atoms with E-state index >= 15 is 0 Å². The number of carbonyl (C=O) groups is 3. The third-order valence-corrected chi connectivity index (χ3v) is 9.13. The highest BCUT2D eigenvalue weighted by Gasteiger charge is 2.69. The van der Waals surface area contributed by atoms with Gasteiger partial charge in [0.1, 0.15) is 6.61 Å². The van der Waals surface area contributed by atoms with Crippen molar-refractivity contribution < 1.29 is 34.1 Å². The van der Waals surface area contributed by atoms with Gasteiger partial charge >= 0.3 is 12.1 Å². The molecule has 0 heterocycles. The number of ketones is 1. The summed E-state index contributed by atoms with van der Waals surface area (Å²) in [7, 11) is 0. The number of carboxylic acids is 1. The molecule has 0 aromatic heterocycles. The molecular formula is C24H34O7. The van der Waals surface area contributed by atoms with Gasteiger partial charge in [-0.25, -0.2) is 9.59 Å². The summed E-state index contributed by atoms with van der Waals surface area (Å²) in [6, 6.07) is 0. The molecule has 0 spiro atoms. The van der Waals surface area contributed by atoms with E-state index in [2.05, 4.69) is 6.92 Å². The van der Waals surface area contributed by atoms with Crippen LogP contribution in [-0.2, 0) is 19.1 Å². The minimum absolute atomic E-state index is 0.00365. The minimum Gasteiger partial charge on any atom is -0.478 e. The van der Waals surface area contributed by atoms with Crippen LogP contribution < -0.4 is 0 Å². The van der Waals surface area contributed by atoms with Crippen molar-refractivity contribution in [3.8, 4) is 0 Å². The van der Waals surface area contributed by atoms with Crippen LogP contribution in [-0.4, -0.2) is 46.4 Å². The Balaban J connectivity index is 1.61. The zero-order valence-corrected chi connectivity index (χ0v) is 18.7. The molecule has 1 unspecified atom stereocenters. The zero-order valence-electron chi connectivity index (χ0n) is 18.7. The van der Waals surface area contributed by atoms with Crippen LogP contribution in [0.4, 0.5) is 4.79 Å². The van der Waals surface area contributed by atoms with E-state index in [-0.39, 0.29) is 30.1 Å². The maximum absolute atomic E-state index is 12.5. The summed E-state index contributed by atoms with van der Waals surface area (Å²) in [4.78, 5) is 36.8. The molecule has 7 heteroatoms. The second-order valence-corrected chi connectivity index (χ2v) is 10.6. The second kappa shape index (κ2) is 7.61. The Morgan fingerprint density at radius 2 is 1.84 bits per heavy atom. The highest BCUT2D eigenvalue weighted by Crippen LogP contribution is 2.68. The molecule has 0 aromatic carbocycles. The average molecular weight is 435 g/mol. The first-order chi connectivity index (χ1) is 14.5. The zero-order chi connectivity index (χ0) is 22.6. The number of hydrogen-bond acceptors (Lipinski definition) is 6. The molecular weight excluding hydrogens is 400 g/mol. The van der Waals surface area contributed by atoms with E-state index in [0.29, 0.717) is 31.1 Å². The number of aliphatic hydroxyl groups is 1. The van der Waals surface area contributed by atoms with Crippen molar-refractivity contribution in [1.82, 2.24) is 0 Å². The van der Waals surface area contributed by atoms with Crippen molar-refractivity contribution in [2.45, 2.75) is 83.8 Å². The molecule has 4 rings (SSSR count). The van der Waals surface area contributed by atoms with Crippen LogP contribution >= 0.6 is 0 Å². The van der Waals surface area contributed by atoms with Crippen LogP contribution in [0.5, 0.6) is 0 Å². The highest BCUT2D eigenvalue weighted by atomic mass is 16.7. The van der Waals surface area contributed by atoms with Gasteiger partial charge < -0.3 is 19.7 Å². The predicted octanol–water partition coefficient (Wildman–Crippen LogP) is 3.88. The molecule has 172 valence electrons. The summed E-state index contributed by atoms with van der Waals surface area (Å²) in [5.41, 5.74) is -1.01. The molecule has 0 radical (unpaired) electrons. The van der Waals surface area contributed by atoms with Gasteiger partial charge in [0.25, 0.3) is 0 Å². The summed E-state index contributed by atoms with van der Waals surface area (Å²) in [6.07, 6.45) is 5.77. The number of aliphatic hydroxyl groups excluding tert-OH is 1. The number of hydrogen-bond donors (Lipinski definition) is 2. The summed E-state index contributed by atoms with van der Waals surface area (Å²) >= 11 is 0. The van der Waals surface area contributed by atoms with Crippen molar-refractivity contribution in [3.05, 3.63) is 11.6 Å². The fraction of sp³-hybridized carbons (Fsp3) is 0.792. The third kappa shape index (κ3) is 3.31. The number of allylic oxidation sites excluding steroid dienone is 1. The van der Waals surface area contributed by atoms with Gasteiger partial charge in [-0.1, -0.05) is 19.4 Å². The maximum atomic E-state index is 12.5. The van der Waals surface area contributed by atoms with E-state index in [1.165, 1.54) is 12.5 Å². The molecule has 7 nitrogen and oxygen atoms in total. The smallest absolute Gasteiger partial charge is 0.478 e. The van der Waals surface area contributed by atoms with Crippen molar-refractivity contribution in [2.24, 2.45) is 28.6 Å². The number of aliphatic carboxylic acids is 1. The first-order valence-corrected chi connectivity index (χ1v) is 11.5. The lowest BCUT2D eigenvalue weighted by atomic mass is 9.46. The Morgan fingerprint density at radius 3 is 2.52 bits per heavy atom. The number of ether oxygens (including phenoxy) is 2. The monoisotopic (exact) mass is 434 g/mol. The lowest BCUT2D eigenvalue weighted by Crippen LogP contribution is -2.59. The summed E-state index contributed by atoms with van der Waals surface area (Å²) in [5, 5.41) is 19.6. The number of carbonyl (C=O) groups excluding carboxylic acids is 2. The van der Waals surface area contributed by atoms with Gasteiger partial charge in [0.15, 0.2) is 5.78 Å². The van der Waals surface area contributed by atoms with Crippen molar-refractivity contribution >= 4 is 17.9 Å². The van der Waals surface area contributed by atoms with Crippen molar-refractivity contribution in [3.63, 3.8) is 0 Å². The maximum Gasteiger partial charge on any atom is 0.509 e. The van der Waals surface area contributed by atoms with E-state index in [9.17, 15) is 24.6 Å². The molecule has 0 saturated heterocycles. The van der Waals surface area contributed by atoms with Crippen molar-refractivity contribution in [1.29, 1.82) is 0 Å². The molecule has 0 aliphatic heterocycles. The Hall–Kier alpha value is -1.89. The quantitative estimate of drug-likeness (QED) is 0.646. The van der Waals surface area contributed by atoms with Crippen LogP contribution in [0.3, 0.4) is 0 Å². The molecule has 0 aromatic rings. The Morgan fingerprint density at radius 1 is 1.13 bits per heavy atom. The predicted molar refractivity (Wildman–Crippen MR) is 111 cm³/mol. The Labute approximate surface area is 183 Å². The Kier molecular flexibility index (Phi) is 5.48. The van der Waals surface area contributed by atoms with E-state index in [4.69, 9.17) is 9.47 Å². The fourth-order valence-electron chi connectivity index (χ4n) is 7.48. The molecule has 4 aliphatic rings. The molecule has 7 atom stereocenters. The second-order valence-electron chi connectivity index (χ2n) is 10.6. The third-order valence-electron chi connectivity index (χ3n) is 9.13. The molecule has 0 amide bonds. The van der Waals surface area contributed by atoms with Gasteiger partial charge in [-0.05, 0) is 81.1 Å². The summed E-state index contributed by atoms with van der Waals surface area (Å²) in [5.74, 6) is 0.0260. The van der Waals surface area contributed by atoms with Crippen LogP contribution in [0.25, 0.3) is 0 Å². The molecule has 2 N–H and O–H groups in total. The Bertz CT molecular complexity index is 817. The highest BCUT2D eigenvalue weighted by molar-refractivity contribution is 5.91. The van der Waals surface area contributed by atoms with E-state index in [1.807, 2.05) is 13.0 Å². The standard InChI is InChI=1S/C24H34O7/c1-14(25)13-30-21(29)31-24(20(27)28)11-8-19-17-5-4-15-12-16(26)6-9-22(15,2)18(17)7-10-23(19,24)3/h12,14,17-19,25H,4-11,13H2,1-3H3,(H,27,28)/t14?,17-,18+,19+,22+,23+,24+/m1/s1. The SMILES string of the molecule is CC(O)COC(=O)O[C@]1(C(=O)O)CC[C@H]2[C@@H]3CCC4=CC(=O)CC[C@]4(C)[C@H]3CC[C@@]21C. The molecule has 3 saturated carbocycles. The largest absolute Gasteiger partial charge is 0.509 e. The molecule has 3 fully saturated rings. The first-order valence-electron chi connectivity index (χ1n) is 11.5. The van der Waals surface area contributed by atoms with Crippen LogP contribution in [0.2, 0.25) is 0 Å². The lowest BCUT2D eigenvalue weighted by molar-refractivity contribution is -0.186. The van der Waals surface area contributed by atoms with E-state index < -0.39 is 29.2 Å². The van der Waals surface area contributed by atoms with Crippen LogP contribution in [0.1, 0.15) is 72.1 Å². The number of rotatable bonds is 4. The van der Waals surface area contributed by atoms with E-state index in [1.54, 1.807) is 0 Å². The van der Waals surface area contributed by atoms with Gasteiger partial charge in [0.05, 0.1) is 6.10 Å². The van der Waals surface area contributed by atoms with Gasteiger partial charge in [-0.15, -0.1) is 0 Å². The topological polar surface area (TPSA) is 110 Å². The van der Waals surface area contributed by atoms with Crippen molar-refractivity contribution in [2.75, 3.05) is 6.61 Å². The summed E-state index contributed by atoms with van der Waals surface area (Å²) < 4.78 is 10.5. The first kappa shape index (κ1) is 22.3. The van der Waals surface area contributed by atoms with Crippen LogP contribution in [0.15, 0.2) is 11.6 Å². The number of carboxylic acid groups (broad SMARTS) is 1. The molecule has 31 heavy (non-hydrogen) atoms. The fourth-order valence-corrected chi connectivity index (χ4v) is 7.48. The average Bonchev–Trinajstić information content (AvgIpc) is 3.00. The lowest BCUT2D eigenvalue weighted by Gasteiger charge is -2.58. The summed E-state index contributed by atoms with van der Waals surface area (Å²) in [6.45, 7) is 5.51. The normalized spacial score (nSPS) is 42.5. The van der Waals surface area contributed by atoms with Gasteiger partial charge in [-0.2, -0.15) is 0 Å². The van der Waals surface area contributed by atoms with Gasteiger partial charge in [0, 0.05) is 11.8 Å². The molecule has 4 aliphatic carbocycles.